The van der Waals surface area contributed by atoms with E-state index in [4.69, 9.17) is 9.47 Å². The molecule has 1 atom stereocenters. The second-order valence-electron chi connectivity index (χ2n) is 7.75. The number of aryl methyl sites for hydroxylation is 2. The van der Waals surface area contributed by atoms with E-state index in [1.807, 2.05) is 39.0 Å². The normalized spacial score (nSPS) is 18.1. The van der Waals surface area contributed by atoms with Crippen LogP contribution in [-0.4, -0.2) is 27.1 Å². The fraction of sp³-hybridized carbons (Fsp3) is 0.381. The fourth-order valence-corrected chi connectivity index (χ4v) is 4.66. The van der Waals surface area contributed by atoms with Crippen LogP contribution in [0.15, 0.2) is 41.3 Å². The van der Waals surface area contributed by atoms with E-state index in [2.05, 4.69) is 4.72 Å². The van der Waals surface area contributed by atoms with Gasteiger partial charge in [0.25, 0.3) is 0 Å². The third-order valence-corrected chi connectivity index (χ3v) is 6.32. The third kappa shape index (κ3) is 4.05. The summed E-state index contributed by atoms with van der Waals surface area (Å²) in [5.41, 5.74) is 2.21. The Bertz CT molecular complexity index is 1030. The van der Waals surface area contributed by atoms with Gasteiger partial charge < -0.3 is 9.47 Å². The summed E-state index contributed by atoms with van der Waals surface area (Å²) in [6.07, 6.45) is 0.484. The molecule has 1 N–H and O–H groups in total. The molecule has 1 aliphatic rings. The highest BCUT2D eigenvalue weighted by Gasteiger charge is 2.36. The van der Waals surface area contributed by atoms with Crippen molar-refractivity contribution in [3.63, 3.8) is 0 Å². The summed E-state index contributed by atoms with van der Waals surface area (Å²) >= 11 is 0. The highest BCUT2D eigenvalue weighted by molar-refractivity contribution is 7.89. The van der Waals surface area contributed by atoms with Gasteiger partial charge in [0.2, 0.25) is 10.0 Å². The predicted octanol–water partition coefficient (Wildman–Crippen LogP) is 3.67. The summed E-state index contributed by atoms with van der Waals surface area (Å²) in [7, 11) is -2.59. The summed E-state index contributed by atoms with van der Waals surface area (Å²) in [5, 5.41) is 0. The lowest BCUT2D eigenvalue weighted by molar-refractivity contribution is 0.0599. The Kier molecular flexibility index (Phi) is 5.25. The molecule has 6 nitrogen and oxygen atoms in total. The maximum Gasteiger partial charge on any atom is 0.338 e. The first-order chi connectivity index (χ1) is 13.0. The Morgan fingerprint density at radius 1 is 1.18 bits per heavy atom. The lowest BCUT2D eigenvalue weighted by Gasteiger charge is -2.38. The van der Waals surface area contributed by atoms with Crippen molar-refractivity contribution in [3.05, 3.63) is 58.7 Å². The van der Waals surface area contributed by atoms with Crippen molar-refractivity contribution in [2.24, 2.45) is 0 Å². The minimum atomic E-state index is -3.86. The van der Waals surface area contributed by atoms with Gasteiger partial charge in [-0.15, -0.1) is 0 Å². The van der Waals surface area contributed by atoms with Gasteiger partial charge in [-0.3, -0.25) is 0 Å². The van der Waals surface area contributed by atoms with Crippen molar-refractivity contribution in [3.8, 4) is 5.75 Å². The van der Waals surface area contributed by atoms with E-state index in [-0.39, 0.29) is 10.5 Å². The number of ether oxygens (including phenoxy) is 2. The SMILES string of the molecule is COC(=O)c1cc(S(=O)(=O)N[C@H]2CC(C)(C)Oc3cc(C)ccc32)ccc1C. The first kappa shape index (κ1) is 20.4. The Balaban J connectivity index is 1.98. The van der Waals surface area contributed by atoms with E-state index in [9.17, 15) is 13.2 Å². The molecule has 1 aliphatic heterocycles. The summed E-state index contributed by atoms with van der Waals surface area (Å²) in [6.45, 7) is 7.56. The van der Waals surface area contributed by atoms with Crippen LogP contribution in [0.5, 0.6) is 5.75 Å². The van der Waals surface area contributed by atoms with Gasteiger partial charge in [0.05, 0.1) is 23.6 Å². The van der Waals surface area contributed by atoms with Gasteiger partial charge in [-0.05, 0) is 57.0 Å². The summed E-state index contributed by atoms with van der Waals surface area (Å²) in [4.78, 5) is 12.0. The number of esters is 1. The number of nitrogens with one attached hydrogen (secondary N) is 1. The van der Waals surface area contributed by atoms with Crippen LogP contribution in [0.3, 0.4) is 0 Å². The van der Waals surface area contributed by atoms with Crippen LogP contribution in [0.1, 0.15) is 53.4 Å². The van der Waals surface area contributed by atoms with E-state index in [0.717, 1.165) is 11.1 Å². The molecule has 0 radical (unpaired) electrons. The Morgan fingerprint density at radius 2 is 1.89 bits per heavy atom. The van der Waals surface area contributed by atoms with Crippen LogP contribution in [0.2, 0.25) is 0 Å². The largest absolute Gasteiger partial charge is 0.487 e. The molecule has 0 amide bonds. The average molecular weight is 404 g/mol. The molecular weight excluding hydrogens is 378 g/mol. The molecule has 1 heterocycles. The number of benzene rings is 2. The van der Waals surface area contributed by atoms with Crippen LogP contribution in [-0.2, 0) is 14.8 Å². The lowest BCUT2D eigenvalue weighted by atomic mass is 9.90. The molecular formula is C21H25NO5S. The maximum absolute atomic E-state index is 13.1. The number of carbonyl (C=O) groups excluding carboxylic acids is 1. The van der Waals surface area contributed by atoms with Crippen molar-refractivity contribution < 1.29 is 22.7 Å². The summed E-state index contributed by atoms with van der Waals surface area (Å²) in [6, 6.07) is 9.75. The molecule has 0 saturated heterocycles. The van der Waals surface area contributed by atoms with Gasteiger partial charge in [0.15, 0.2) is 0 Å². The molecule has 0 aromatic heterocycles. The quantitative estimate of drug-likeness (QED) is 0.788. The van der Waals surface area contributed by atoms with Crippen LogP contribution >= 0.6 is 0 Å². The first-order valence-corrected chi connectivity index (χ1v) is 10.5. The molecule has 0 aliphatic carbocycles. The second-order valence-corrected chi connectivity index (χ2v) is 9.46. The number of hydrogen-bond acceptors (Lipinski definition) is 5. The molecule has 0 spiro atoms. The number of sulfonamides is 1. The van der Waals surface area contributed by atoms with Gasteiger partial charge in [-0.2, -0.15) is 0 Å². The van der Waals surface area contributed by atoms with E-state index in [1.165, 1.54) is 19.2 Å². The van der Waals surface area contributed by atoms with Gasteiger partial charge in [0, 0.05) is 12.0 Å². The average Bonchev–Trinajstić information content (AvgIpc) is 2.59. The van der Waals surface area contributed by atoms with E-state index < -0.39 is 27.6 Å². The Labute approximate surface area is 165 Å². The number of hydrogen-bond donors (Lipinski definition) is 1. The van der Waals surface area contributed by atoms with Crippen LogP contribution in [0, 0.1) is 13.8 Å². The van der Waals surface area contributed by atoms with E-state index >= 15 is 0 Å². The molecule has 0 unspecified atom stereocenters. The summed E-state index contributed by atoms with van der Waals surface area (Å²) in [5.74, 6) is 0.116. The monoisotopic (exact) mass is 403 g/mol. The molecule has 150 valence electrons. The molecule has 3 rings (SSSR count). The lowest BCUT2D eigenvalue weighted by Crippen LogP contribution is -2.41. The van der Waals surface area contributed by atoms with E-state index in [1.54, 1.807) is 13.0 Å². The second kappa shape index (κ2) is 7.22. The van der Waals surface area contributed by atoms with E-state index in [0.29, 0.717) is 17.7 Å². The van der Waals surface area contributed by atoms with Gasteiger partial charge in [-0.1, -0.05) is 18.2 Å². The smallest absolute Gasteiger partial charge is 0.338 e. The van der Waals surface area contributed by atoms with Gasteiger partial charge >= 0.3 is 5.97 Å². The number of fused-ring (bicyclic) bond motifs is 1. The van der Waals surface area contributed by atoms with Crippen molar-refractivity contribution in [2.45, 2.75) is 50.7 Å². The zero-order valence-electron chi connectivity index (χ0n) is 16.7. The Morgan fingerprint density at radius 3 is 2.57 bits per heavy atom. The van der Waals surface area contributed by atoms with Crippen molar-refractivity contribution in [1.82, 2.24) is 4.72 Å². The number of methoxy groups -OCH3 is 1. The van der Waals surface area contributed by atoms with Crippen molar-refractivity contribution in [2.75, 3.05) is 7.11 Å². The van der Waals surface area contributed by atoms with Gasteiger partial charge in [-0.25, -0.2) is 17.9 Å². The highest BCUT2D eigenvalue weighted by Crippen LogP contribution is 2.40. The molecule has 7 heteroatoms. The fourth-order valence-electron chi connectivity index (χ4n) is 3.42. The molecule has 0 bridgehead atoms. The summed E-state index contributed by atoms with van der Waals surface area (Å²) < 4.78 is 39.7. The van der Waals surface area contributed by atoms with Crippen molar-refractivity contribution in [1.29, 1.82) is 0 Å². The third-order valence-electron chi connectivity index (χ3n) is 4.85. The zero-order chi connectivity index (χ0) is 20.7. The maximum atomic E-state index is 13.1. The molecule has 0 saturated carbocycles. The molecule has 28 heavy (non-hydrogen) atoms. The Hall–Kier alpha value is -2.38. The number of rotatable bonds is 4. The van der Waals surface area contributed by atoms with Crippen LogP contribution in [0.25, 0.3) is 0 Å². The standard InChI is InChI=1S/C21H25NO5S/c1-13-6-9-16-18(12-21(3,4)27-19(16)10-13)22-28(24,25)15-8-7-14(2)17(11-15)20(23)26-5/h6-11,18,22H,12H2,1-5H3/t18-/m0/s1. The minimum absolute atomic E-state index is 0.0245. The first-order valence-electron chi connectivity index (χ1n) is 9.03. The topological polar surface area (TPSA) is 81.7 Å². The number of carbonyl (C=O) groups is 1. The molecule has 0 fully saturated rings. The van der Waals surface area contributed by atoms with Gasteiger partial charge in [0.1, 0.15) is 11.4 Å². The highest BCUT2D eigenvalue weighted by atomic mass is 32.2. The predicted molar refractivity (Wildman–Crippen MR) is 106 cm³/mol. The molecule has 2 aromatic rings. The minimum Gasteiger partial charge on any atom is -0.487 e. The van der Waals surface area contributed by atoms with Crippen LogP contribution in [0.4, 0.5) is 0 Å². The molecule has 2 aromatic carbocycles. The zero-order valence-corrected chi connectivity index (χ0v) is 17.5. The van der Waals surface area contributed by atoms with Crippen molar-refractivity contribution >= 4 is 16.0 Å². The van der Waals surface area contributed by atoms with Crippen LogP contribution < -0.4 is 9.46 Å².